The molecular weight excluding hydrogens is 444 g/mol. The van der Waals surface area contributed by atoms with Crippen LogP contribution in [0.1, 0.15) is 17.5 Å². The fraction of sp³-hybridized carbons (Fsp3) is 0.480. The third-order valence-electron chi connectivity index (χ3n) is 6.11. The van der Waals surface area contributed by atoms with Crippen molar-refractivity contribution in [3.8, 4) is 11.5 Å². The van der Waals surface area contributed by atoms with E-state index in [-0.39, 0.29) is 24.7 Å². The van der Waals surface area contributed by atoms with E-state index in [9.17, 15) is 9.90 Å². The van der Waals surface area contributed by atoms with Crippen LogP contribution in [0.15, 0.2) is 42.5 Å². The van der Waals surface area contributed by atoms with Gasteiger partial charge in [-0.15, -0.1) is 0 Å². The molecular formula is C25H31ClN2O5. The maximum absolute atomic E-state index is 13.2. The number of aryl methyl sites for hydroxylation is 1. The third-order valence-corrected chi connectivity index (χ3v) is 6.36. The first kappa shape index (κ1) is 23.8. The largest absolute Gasteiger partial charge is 0.508 e. The number of hydrogen-bond acceptors (Lipinski definition) is 6. The fourth-order valence-electron chi connectivity index (χ4n) is 4.33. The van der Waals surface area contributed by atoms with Gasteiger partial charge in [0.1, 0.15) is 23.7 Å². The van der Waals surface area contributed by atoms with E-state index < -0.39 is 5.60 Å². The van der Waals surface area contributed by atoms with E-state index >= 15 is 0 Å². The number of amides is 1. The average molecular weight is 475 g/mol. The molecule has 1 unspecified atom stereocenters. The highest BCUT2D eigenvalue weighted by atomic mass is 35.5. The summed E-state index contributed by atoms with van der Waals surface area (Å²) in [6.07, 6.45) is 0.219. The molecule has 2 aliphatic rings. The molecule has 0 aromatic heterocycles. The number of nitrogens with zero attached hydrogens (tertiary/aromatic N) is 2. The number of halogens is 1. The number of rotatable bonds is 7. The summed E-state index contributed by atoms with van der Waals surface area (Å²) in [5.74, 6) is 0.993. The second kappa shape index (κ2) is 10.7. The molecule has 2 aliphatic heterocycles. The van der Waals surface area contributed by atoms with Crippen molar-refractivity contribution >= 4 is 17.5 Å². The second-order valence-electron chi connectivity index (χ2n) is 8.79. The summed E-state index contributed by atoms with van der Waals surface area (Å²) in [7, 11) is 0. The van der Waals surface area contributed by atoms with E-state index in [0.29, 0.717) is 63.3 Å². The maximum Gasteiger partial charge on any atom is 0.225 e. The minimum atomic E-state index is -0.799. The molecule has 0 saturated carbocycles. The molecule has 0 bridgehead atoms. The van der Waals surface area contributed by atoms with Crippen LogP contribution in [0.3, 0.4) is 0 Å². The second-order valence-corrected chi connectivity index (χ2v) is 9.22. The molecule has 33 heavy (non-hydrogen) atoms. The van der Waals surface area contributed by atoms with Crippen molar-refractivity contribution in [3.63, 3.8) is 0 Å². The lowest BCUT2D eigenvalue weighted by Gasteiger charge is -2.43. The number of aromatic hydroxyl groups is 1. The first-order valence-corrected chi connectivity index (χ1v) is 11.7. The van der Waals surface area contributed by atoms with Gasteiger partial charge in [-0.05, 0) is 37.3 Å². The number of carbonyl (C=O) groups excluding carboxylic acids is 1. The van der Waals surface area contributed by atoms with E-state index in [0.717, 1.165) is 11.1 Å². The molecule has 2 saturated heterocycles. The van der Waals surface area contributed by atoms with Crippen LogP contribution in [0.2, 0.25) is 5.02 Å². The summed E-state index contributed by atoms with van der Waals surface area (Å²) < 4.78 is 17.7. The van der Waals surface area contributed by atoms with Crippen LogP contribution < -0.4 is 4.74 Å². The van der Waals surface area contributed by atoms with Gasteiger partial charge in [0.15, 0.2) is 0 Å². The van der Waals surface area contributed by atoms with Crippen molar-refractivity contribution in [3.05, 3.63) is 58.6 Å². The van der Waals surface area contributed by atoms with Crippen LogP contribution >= 0.6 is 11.6 Å². The molecule has 1 N–H and O–H groups in total. The van der Waals surface area contributed by atoms with Gasteiger partial charge in [0.25, 0.3) is 0 Å². The van der Waals surface area contributed by atoms with Crippen LogP contribution in [0.4, 0.5) is 0 Å². The van der Waals surface area contributed by atoms with Crippen LogP contribution in [-0.4, -0.2) is 79.0 Å². The number of phenols is 1. The number of benzene rings is 2. The quantitative estimate of drug-likeness (QED) is 0.664. The molecule has 1 amide bonds. The summed E-state index contributed by atoms with van der Waals surface area (Å²) in [6, 6.07) is 12.8. The number of hydrogen-bond donors (Lipinski definition) is 1. The number of phenolic OH excluding ortho intramolecular Hbond substituents is 1. The molecule has 178 valence electrons. The van der Waals surface area contributed by atoms with Crippen molar-refractivity contribution < 1.29 is 24.1 Å². The molecule has 4 rings (SSSR count). The Morgan fingerprint density at radius 3 is 2.64 bits per heavy atom. The van der Waals surface area contributed by atoms with Crippen LogP contribution in [0, 0.1) is 6.92 Å². The average Bonchev–Trinajstić information content (AvgIpc) is 2.82. The first-order valence-electron chi connectivity index (χ1n) is 11.3. The lowest BCUT2D eigenvalue weighted by molar-refractivity contribution is -0.159. The normalized spacial score (nSPS) is 21.7. The zero-order valence-electron chi connectivity index (χ0n) is 19.0. The lowest BCUT2D eigenvalue weighted by atomic mass is 9.96. The van der Waals surface area contributed by atoms with Gasteiger partial charge in [-0.3, -0.25) is 9.69 Å². The van der Waals surface area contributed by atoms with Gasteiger partial charge < -0.3 is 24.2 Å². The zero-order chi connectivity index (χ0) is 23.3. The highest BCUT2D eigenvalue weighted by Crippen LogP contribution is 2.28. The van der Waals surface area contributed by atoms with Gasteiger partial charge in [0.05, 0.1) is 26.2 Å². The Bertz CT molecular complexity index is 948. The van der Waals surface area contributed by atoms with Crippen molar-refractivity contribution in [2.24, 2.45) is 0 Å². The maximum atomic E-state index is 13.2. The topological polar surface area (TPSA) is 71.5 Å². The predicted molar refractivity (Wildman–Crippen MR) is 126 cm³/mol. The smallest absolute Gasteiger partial charge is 0.225 e. The monoisotopic (exact) mass is 474 g/mol. The van der Waals surface area contributed by atoms with E-state index in [1.807, 2.05) is 36.1 Å². The minimum Gasteiger partial charge on any atom is -0.508 e. The predicted octanol–water partition coefficient (Wildman–Crippen LogP) is 3.25. The van der Waals surface area contributed by atoms with E-state index in [1.54, 1.807) is 18.2 Å². The summed E-state index contributed by atoms with van der Waals surface area (Å²) in [6.45, 7) is 6.82. The number of carbonyl (C=O) groups is 1. The Labute approximate surface area is 199 Å². The molecule has 8 heteroatoms. The third kappa shape index (κ3) is 6.38. The Morgan fingerprint density at radius 2 is 1.88 bits per heavy atom. The van der Waals surface area contributed by atoms with Gasteiger partial charge in [0.2, 0.25) is 5.91 Å². The molecule has 0 radical (unpaired) electrons. The molecule has 2 heterocycles. The Morgan fingerprint density at radius 1 is 1.12 bits per heavy atom. The first-order chi connectivity index (χ1) is 15.9. The molecule has 1 atom stereocenters. The van der Waals surface area contributed by atoms with E-state index in [1.165, 1.54) is 0 Å². The molecule has 0 spiro atoms. The number of ether oxygens (including phenoxy) is 3. The van der Waals surface area contributed by atoms with Crippen LogP contribution in [0.5, 0.6) is 11.5 Å². The Hall–Kier alpha value is -2.32. The van der Waals surface area contributed by atoms with Crippen molar-refractivity contribution in [1.29, 1.82) is 0 Å². The summed E-state index contributed by atoms with van der Waals surface area (Å²) in [5, 5.41) is 11.0. The van der Waals surface area contributed by atoms with E-state index in [4.69, 9.17) is 25.8 Å². The molecule has 2 aromatic rings. The van der Waals surface area contributed by atoms with Gasteiger partial charge in [-0.1, -0.05) is 29.3 Å². The molecule has 2 aromatic carbocycles. The van der Waals surface area contributed by atoms with Crippen LogP contribution in [0.25, 0.3) is 0 Å². The minimum absolute atomic E-state index is 0.0401. The van der Waals surface area contributed by atoms with Gasteiger partial charge in [0, 0.05) is 43.3 Å². The van der Waals surface area contributed by atoms with Crippen molar-refractivity contribution in [2.45, 2.75) is 25.5 Å². The molecule has 2 fully saturated rings. The van der Waals surface area contributed by atoms with Crippen molar-refractivity contribution in [1.82, 2.24) is 9.80 Å². The van der Waals surface area contributed by atoms with Gasteiger partial charge >= 0.3 is 0 Å². The highest BCUT2D eigenvalue weighted by molar-refractivity contribution is 6.30. The Balaban J connectivity index is 1.50. The Kier molecular flexibility index (Phi) is 7.75. The lowest BCUT2D eigenvalue weighted by Crippen LogP contribution is -2.57. The zero-order valence-corrected chi connectivity index (χ0v) is 19.7. The summed E-state index contributed by atoms with van der Waals surface area (Å²) >= 11 is 5.99. The number of morpholine rings is 2. The van der Waals surface area contributed by atoms with Crippen molar-refractivity contribution in [2.75, 3.05) is 52.6 Å². The molecule has 7 nitrogen and oxygen atoms in total. The van der Waals surface area contributed by atoms with E-state index in [2.05, 4.69) is 4.90 Å². The fourth-order valence-corrected chi connectivity index (χ4v) is 4.46. The summed E-state index contributed by atoms with van der Waals surface area (Å²) in [4.78, 5) is 17.2. The standard InChI is InChI=1S/C25H31ClN2O5/c1-19-2-7-23(29)20(14-19)16-27-8-13-33-25(17-27,15-24(30)28-9-11-31-12-10-28)18-32-22-5-3-21(26)4-6-22/h2-7,14,29H,8-13,15-18H2,1H3. The molecule has 0 aliphatic carbocycles. The summed E-state index contributed by atoms with van der Waals surface area (Å²) in [5.41, 5.74) is 1.16. The SMILES string of the molecule is Cc1ccc(O)c(CN2CCOC(COc3ccc(Cl)cc3)(CC(=O)N3CCOCC3)C2)c1. The van der Waals surface area contributed by atoms with Gasteiger partial charge in [-0.2, -0.15) is 0 Å². The van der Waals surface area contributed by atoms with Crippen LogP contribution in [-0.2, 0) is 20.8 Å². The van der Waals surface area contributed by atoms with Gasteiger partial charge in [-0.25, -0.2) is 0 Å². The highest BCUT2D eigenvalue weighted by Gasteiger charge is 2.41.